The van der Waals surface area contributed by atoms with Gasteiger partial charge in [0.15, 0.2) is 5.78 Å². The molecule has 5 fully saturated rings. The molecule has 52 heavy (non-hydrogen) atoms. The number of carboxylic acids is 1. The van der Waals surface area contributed by atoms with E-state index in [9.17, 15) is 29.4 Å². The van der Waals surface area contributed by atoms with E-state index in [-0.39, 0.29) is 70.2 Å². The zero-order valence-electron chi connectivity index (χ0n) is 33.8. The number of hydrogen-bond donors (Lipinski definition) is 3. The molecular formula is C44H69NO7. The summed E-state index contributed by atoms with van der Waals surface area (Å²) in [6.45, 7) is 19.7. The van der Waals surface area contributed by atoms with E-state index in [0.29, 0.717) is 18.3 Å². The maximum atomic E-state index is 14.0. The molecule has 1 unspecified atom stereocenters. The fourth-order valence-electron chi connectivity index (χ4n) is 13.8. The van der Waals surface area contributed by atoms with Gasteiger partial charge in [-0.25, -0.2) is 0 Å². The van der Waals surface area contributed by atoms with Crippen LogP contribution in [0.25, 0.3) is 0 Å². The number of aliphatic hydroxyl groups excluding tert-OH is 1. The van der Waals surface area contributed by atoms with E-state index in [1.807, 2.05) is 0 Å². The lowest BCUT2D eigenvalue weighted by atomic mass is 9.33. The SMILES string of the molecule is CC(C)C1=C2[C@H]3CC[C@@H]4[C@@]5(C)CC[C@H](OC(=O)CC(C)(C)C(=O)O)C(C)(C)C5CC[C@@]4(C)[C@]3(C)CC[C@@]2([C@@H](O)CNC(=O)C2CCCCC2)CC1=O. The number of ether oxygens (including phenoxy) is 1. The van der Waals surface area contributed by atoms with Crippen LogP contribution in [0.4, 0.5) is 0 Å². The Hall–Kier alpha value is -2.22. The molecule has 0 aromatic carbocycles. The second-order valence-electron chi connectivity index (χ2n) is 20.7. The number of carbonyl (C=O) groups excluding carboxylic acids is 3. The van der Waals surface area contributed by atoms with Gasteiger partial charge in [0.2, 0.25) is 5.91 Å². The van der Waals surface area contributed by atoms with Crippen LogP contribution in [0, 0.1) is 62.1 Å². The van der Waals surface area contributed by atoms with Crippen molar-refractivity contribution >= 4 is 23.6 Å². The Balaban J connectivity index is 1.26. The molecule has 0 aromatic rings. The van der Waals surface area contributed by atoms with Crippen molar-refractivity contribution in [3.63, 3.8) is 0 Å². The zero-order valence-corrected chi connectivity index (χ0v) is 33.8. The van der Waals surface area contributed by atoms with E-state index in [4.69, 9.17) is 4.74 Å². The Morgan fingerprint density at radius 2 is 1.54 bits per heavy atom. The van der Waals surface area contributed by atoms with Crippen LogP contribution < -0.4 is 5.32 Å². The second-order valence-corrected chi connectivity index (χ2v) is 20.7. The van der Waals surface area contributed by atoms with Gasteiger partial charge in [0.25, 0.3) is 0 Å². The lowest BCUT2D eigenvalue weighted by Gasteiger charge is -2.72. The van der Waals surface area contributed by atoms with Gasteiger partial charge < -0.3 is 20.3 Å². The third-order valence-corrected chi connectivity index (χ3v) is 16.9. The molecule has 0 bridgehead atoms. The Kier molecular flexibility index (Phi) is 10.3. The van der Waals surface area contributed by atoms with E-state index >= 15 is 0 Å². The molecule has 0 heterocycles. The van der Waals surface area contributed by atoms with Gasteiger partial charge in [-0.1, -0.05) is 73.3 Å². The molecule has 0 radical (unpaired) electrons. The molecule has 0 saturated heterocycles. The number of aliphatic hydroxyl groups is 1. The molecule has 5 saturated carbocycles. The van der Waals surface area contributed by atoms with Gasteiger partial charge in [-0.2, -0.15) is 0 Å². The smallest absolute Gasteiger partial charge is 0.309 e. The van der Waals surface area contributed by atoms with Crippen molar-refractivity contribution in [3.05, 3.63) is 11.1 Å². The van der Waals surface area contributed by atoms with Gasteiger partial charge in [0.1, 0.15) is 6.10 Å². The van der Waals surface area contributed by atoms with Gasteiger partial charge in [-0.3, -0.25) is 19.2 Å². The number of carbonyl (C=O) groups is 4. The molecule has 6 aliphatic rings. The number of hydrogen-bond acceptors (Lipinski definition) is 6. The molecule has 8 heteroatoms. The summed E-state index contributed by atoms with van der Waals surface area (Å²) >= 11 is 0. The number of fused-ring (bicyclic) bond motifs is 7. The first-order valence-electron chi connectivity index (χ1n) is 20.8. The average molecular weight is 724 g/mol. The summed E-state index contributed by atoms with van der Waals surface area (Å²) in [5, 5.41) is 24.9. The van der Waals surface area contributed by atoms with Crippen LogP contribution >= 0.6 is 0 Å². The highest BCUT2D eigenvalue weighted by molar-refractivity contribution is 6.00. The van der Waals surface area contributed by atoms with Crippen LogP contribution in [-0.2, 0) is 23.9 Å². The van der Waals surface area contributed by atoms with Crippen molar-refractivity contribution in [1.82, 2.24) is 5.32 Å². The fourth-order valence-corrected chi connectivity index (χ4v) is 13.8. The highest BCUT2D eigenvalue weighted by Crippen LogP contribution is 2.77. The van der Waals surface area contributed by atoms with Crippen molar-refractivity contribution in [2.75, 3.05) is 6.54 Å². The molecule has 0 aromatic heterocycles. The van der Waals surface area contributed by atoms with E-state index in [0.717, 1.165) is 82.6 Å². The van der Waals surface area contributed by atoms with E-state index < -0.39 is 28.9 Å². The monoisotopic (exact) mass is 724 g/mol. The summed E-state index contributed by atoms with van der Waals surface area (Å²) in [4.78, 5) is 52.0. The third kappa shape index (κ3) is 6.02. The maximum absolute atomic E-state index is 14.0. The minimum absolute atomic E-state index is 0.0271. The van der Waals surface area contributed by atoms with E-state index in [2.05, 4.69) is 53.8 Å². The fraction of sp³-hybridized carbons (Fsp3) is 0.864. The molecule has 6 rings (SSSR count). The number of rotatable bonds is 9. The van der Waals surface area contributed by atoms with Gasteiger partial charge in [-0.15, -0.1) is 0 Å². The quantitative estimate of drug-likeness (QED) is 0.204. The summed E-state index contributed by atoms with van der Waals surface area (Å²) in [6, 6.07) is 0. The van der Waals surface area contributed by atoms with Crippen LogP contribution in [0.5, 0.6) is 0 Å². The van der Waals surface area contributed by atoms with Crippen LogP contribution in [0.3, 0.4) is 0 Å². The van der Waals surface area contributed by atoms with Crippen molar-refractivity contribution in [1.29, 1.82) is 0 Å². The summed E-state index contributed by atoms with van der Waals surface area (Å²) in [5.74, 6) is -0.0352. The van der Waals surface area contributed by atoms with E-state index in [1.165, 1.54) is 12.0 Å². The number of allylic oxidation sites excluding steroid dienone is 1. The number of amides is 1. The molecule has 0 aliphatic heterocycles. The highest BCUT2D eigenvalue weighted by Gasteiger charge is 2.70. The van der Waals surface area contributed by atoms with Crippen molar-refractivity contribution in [3.8, 4) is 0 Å². The van der Waals surface area contributed by atoms with Gasteiger partial charge in [0, 0.05) is 29.7 Å². The summed E-state index contributed by atoms with van der Waals surface area (Å²) < 4.78 is 6.16. The topological polar surface area (TPSA) is 130 Å². The summed E-state index contributed by atoms with van der Waals surface area (Å²) in [5.41, 5.74) is 0.159. The van der Waals surface area contributed by atoms with Crippen LogP contribution in [-0.4, -0.2) is 52.6 Å². The first-order valence-corrected chi connectivity index (χ1v) is 20.8. The molecule has 0 spiro atoms. The minimum atomic E-state index is -1.17. The Bertz CT molecular complexity index is 1490. The largest absolute Gasteiger partial charge is 0.481 e. The summed E-state index contributed by atoms with van der Waals surface area (Å²) in [7, 11) is 0. The van der Waals surface area contributed by atoms with E-state index in [1.54, 1.807) is 13.8 Å². The molecule has 3 N–H and O–H groups in total. The van der Waals surface area contributed by atoms with Crippen molar-refractivity contribution in [2.45, 2.75) is 171 Å². The predicted octanol–water partition coefficient (Wildman–Crippen LogP) is 8.44. The highest BCUT2D eigenvalue weighted by atomic mass is 16.5. The zero-order chi connectivity index (χ0) is 38.2. The predicted molar refractivity (Wildman–Crippen MR) is 201 cm³/mol. The minimum Gasteiger partial charge on any atom is -0.481 e. The third-order valence-electron chi connectivity index (χ3n) is 16.9. The Labute approximate surface area is 313 Å². The maximum Gasteiger partial charge on any atom is 0.309 e. The Morgan fingerprint density at radius 3 is 2.17 bits per heavy atom. The number of carboxylic acid groups (broad SMARTS) is 1. The standard InChI is InChI=1S/C44H69NO7/c1-26(2)35-29(46)23-44(32(47)25-45-37(49)27-13-11-10-12-14-27)22-21-42(8)28(36(35)44)15-16-31-41(7)19-18-33(52-34(48)24-39(3,4)38(50)51)40(5,6)30(41)17-20-43(31,42)9/h26-28,30-33,47H,10-25H2,1-9H3,(H,45,49)(H,50,51)/t28-,30?,31-,32+,33+,41+,42-,43-,44+/m1/s1. The molecule has 9 atom stereocenters. The number of Topliss-reactive ketones (excluding diaryl/α,β-unsaturated/α-hetero) is 1. The number of nitrogens with one attached hydrogen (secondary N) is 1. The van der Waals surface area contributed by atoms with Crippen LogP contribution in [0.1, 0.15) is 159 Å². The normalized spacial score (nSPS) is 39.6. The van der Waals surface area contributed by atoms with Crippen LogP contribution in [0.15, 0.2) is 11.1 Å². The molecule has 8 nitrogen and oxygen atoms in total. The second kappa shape index (κ2) is 13.5. The van der Waals surface area contributed by atoms with Gasteiger partial charge in [0.05, 0.1) is 17.9 Å². The lowest BCUT2D eigenvalue weighted by molar-refractivity contribution is -0.235. The number of aliphatic carboxylic acids is 1. The van der Waals surface area contributed by atoms with Crippen molar-refractivity contribution < 1.29 is 34.1 Å². The van der Waals surface area contributed by atoms with Crippen molar-refractivity contribution in [2.24, 2.45) is 62.1 Å². The molecule has 292 valence electrons. The van der Waals surface area contributed by atoms with Gasteiger partial charge in [-0.05, 0) is 124 Å². The lowest BCUT2D eigenvalue weighted by Crippen LogP contribution is -2.66. The average Bonchev–Trinajstić information content (AvgIpc) is 3.38. The first-order chi connectivity index (χ1) is 24.2. The van der Waals surface area contributed by atoms with Gasteiger partial charge >= 0.3 is 11.9 Å². The first kappa shape index (κ1) is 39.5. The summed E-state index contributed by atoms with van der Waals surface area (Å²) in [6.07, 6.45) is 11.9. The number of esters is 1. The Morgan fingerprint density at radius 1 is 0.865 bits per heavy atom. The molecular weight excluding hydrogens is 654 g/mol. The van der Waals surface area contributed by atoms with Crippen LogP contribution in [0.2, 0.25) is 0 Å². The molecule has 6 aliphatic carbocycles. The molecule has 1 amide bonds. The number of ketones is 1.